The Balaban J connectivity index is 1.23. The second-order valence-electron chi connectivity index (χ2n) is 7.00. The van der Waals surface area contributed by atoms with Crippen LogP contribution in [0.25, 0.3) is 0 Å². The molecule has 0 atom stereocenters. The number of methoxy groups -OCH3 is 1. The van der Waals surface area contributed by atoms with Crippen molar-refractivity contribution >= 4 is 5.69 Å². The topological polar surface area (TPSA) is 15.7 Å². The van der Waals surface area contributed by atoms with Gasteiger partial charge in [0.05, 0.1) is 7.11 Å². The molecule has 2 heterocycles. The Hall–Kier alpha value is -2.00. The Labute approximate surface area is 138 Å². The van der Waals surface area contributed by atoms with E-state index in [2.05, 4.69) is 52.3 Å². The van der Waals surface area contributed by atoms with Gasteiger partial charge in [0.25, 0.3) is 0 Å². The van der Waals surface area contributed by atoms with Crippen molar-refractivity contribution in [2.75, 3.05) is 44.7 Å². The van der Waals surface area contributed by atoms with Crippen molar-refractivity contribution in [1.82, 2.24) is 4.90 Å². The molecule has 0 amide bonds. The molecule has 0 saturated carbocycles. The average molecular weight is 308 g/mol. The summed E-state index contributed by atoms with van der Waals surface area (Å²) in [5.41, 5.74) is 3.32. The molecule has 1 spiro atoms. The molecular weight excluding hydrogens is 284 g/mol. The van der Waals surface area contributed by atoms with Crippen LogP contribution < -0.4 is 9.64 Å². The van der Waals surface area contributed by atoms with Crippen LogP contribution in [0.4, 0.5) is 5.69 Å². The molecule has 120 valence electrons. The van der Waals surface area contributed by atoms with Gasteiger partial charge in [-0.2, -0.15) is 0 Å². The van der Waals surface area contributed by atoms with E-state index in [1.165, 1.54) is 50.4 Å². The third kappa shape index (κ3) is 2.93. The van der Waals surface area contributed by atoms with Crippen molar-refractivity contribution in [3.8, 4) is 5.75 Å². The average Bonchev–Trinajstić information content (AvgIpc) is 2.53. The summed E-state index contributed by atoms with van der Waals surface area (Å²) in [6.45, 7) is 6.09. The number of anilines is 1. The van der Waals surface area contributed by atoms with Crippen LogP contribution in [-0.2, 0) is 6.42 Å². The largest absolute Gasteiger partial charge is 0.497 e. The van der Waals surface area contributed by atoms with Crippen LogP contribution in [-0.4, -0.2) is 44.7 Å². The monoisotopic (exact) mass is 308 g/mol. The predicted octanol–water partition coefficient (Wildman–Crippen LogP) is 3.06. The highest BCUT2D eigenvalue weighted by Gasteiger charge is 2.51. The van der Waals surface area contributed by atoms with E-state index < -0.39 is 0 Å². The Morgan fingerprint density at radius 2 is 1.61 bits per heavy atom. The number of benzene rings is 2. The fourth-order valence-electron chi connectivity index (χ4n) is 3.93. The third-order valence-corrected chi connectivity index (χ3v) is 5.17. The number of hydrogen-bond acceptors (Lipinski definition) is 3. The molecule has 0 radical (unpaired) electrons. The van der Waals surface area contributed by atoms with E-state index in [1.54, 1.807) is 7.11 Å². The van der Waals surface area contributed by atoms with Crippen LogP contribution in [0.2, 0.25) is 0 Å². The maximum atomic E-state index is 5.23. The number of hydrogen-bond donors (Lipinski definition) is 0. The first-order valence-corrected chi connectivity index (χ1v) is 8.42. The summed E-state index contributed by atoms with van der Waals surface area (Å²) in [5, 5.41) is 0. The third-order valence-electron chi connectivity index (χ3n) is 5.17. The van der Waals surface area contributed by atoms with Gasteiger partial charge in [-0.05, 0) is 36.2 Å². The molecule has 0 aliphatic carbocycles. The van der Waals surface area contributed by atoms with Gasteiger partial charge in [0.2, 0.25) is 0 Å². The highest BCUT2D eigenvalue weighted by Crippen LogP contribution is 2.42. The van der Waals surface area contributed by atoms with E-state index in [4.69, 9.17) is 4.74 Å². The summed E-state index contributed by atoms with van der Waals surface area (Å²) in [4.78, 5) is 5.08. The van der Waals surface area contributed by atoms with Gasteiger partial charge in [0.15, 0.2) is 0 Å². The Kier molecular flexibility index (Phi) is 3.74. The maximum absolute atomic E-state index is 5.23. The lowest BCUT2D eigenvalue weighted by atomic mass is 9.72. The van der Waals surface area contributed by atoms with Gasteiger partial charge in [0, 0.05) is 43.8 Å². The fraction of sp³-hybridized carbons (Fsp3) is 0.400. The van der Waals surface area contributed by atoms with Gasteiger partial charge < -0.3 is 14.5 Å². The molecule has 0 N–H and O–H groups in total. The molecule has 2 fully saturated rings. The summed E-state index contributed by atoms with van der Waals surface area (Å²) in [6.07, 6.45) is 1.17. The highest BCUT2D eigenvalue weighted by molar-refractivity contribution is 5.52. The predicted molar refractivity (Wildman–Crippen MR) is 94.2 cm³/mol. The molecule has 2 saturated heterocycles. The summed E-state index contributed by atoms with van der Waals surface area (Å²) < 4.78 is 5.23. The first-order chi connectivity index (χ1) is 11.3. The van der Waals surface area contributed by atoms with E-state index in [0.717, 1.165) is 5.75 Å². The Bertz CT molecular complexity index is 639. The number of rotatable bonds is 5. The van der Waals surface area contributed by atoms with Gasteiger partial charge in [-0.15, -0.1) is 0 Å². The van der Waals surface area contributed by atoms with Crippen LogP contribution in [0.5, 0.6) is 5.75 Å². The van der Waals surface area contributed by atoms with Crippen molar-refractivity contribution in [2.24, 2.45) is 5.41 Å². The van der Waals surface area contributed by atoms with Crippen LogP contribution in [0.1, 0.15) is 5.56 Å². The molecular formula is C20H24N2O. The lowest BCUT2D eigenvalue weighted by molar-refractivity contribution is -0.0206. The van der Waals surface area contributed by atoms with E-state index >= 15 is 0 Å². The fourth-order valence-corrected chi connectivity index (χ4v) is 3.93. The summed E-state index contributed by atoms with van der Waals surface area (Å²) in [7, 11) is 1.71. The highest BCUT2D eigenvalue weighted by atomic mass is 16.5. The lowest BCUT2D eigenvalue weighted by Crippen LogP contribution is -2.72. The molecule has 2 aromatic carbocycles. The minimum atomic E-state index is 0.552. The van der Waals surface area contributed by atoms with E-state index in [0.29, 0.717) is 5.41 Å². The summed E-state index contributed by atoms with van der Waals surface area (Å²) in [6, 6.07) is 19.2. The molecule has 2 aromatic rings. The molecule has 0 bridgehead atoms. The number of ether oxygens (including phenoxy) is 1. The molecule has 0 aromatic heterocycles. The standard InChI is InChI=1S/C20H24N2O/c1-23-19-9-7-18(8-10-19)22-15-20(16-22)13-21(14-20)12-11-17-5-3-2-4-6-17/h2-10H,11-16H2,1H3. The first kappa shape index (κ1) is 14.6. The van der Waals surface area contributed by atoms with Crippen molar-refractivity contribution in [3.63, 3.8) is 0 Å². The second kappa shape index (κ2) is 5.89. The molecule has 2 aliphatic heterocycles. The second-order valence-corrected chi connectivity index (χ2v) is 7.00. The Morgan fingerprint density at radius 3 is 2.26 bits per heavy atom. The first-order valence-electron chi connectivity index (χ1n) is 8.42. The molecule has 3 nitrogen and oxygen atoms in total. The minimum absolute atomic E-state index is 0.552. The molecule has 4 rings (SSSR count). The van der Waals surface area contributed by atoms with Crippen LogP contribution in [0.3, 0.4) is 0 Å². The van der Waals surface area contributed by atoms with Crippen molar-refractivity contribution in [1.29, 1.82) is 0 Å². The summed E-state index contributed by atoms with van der Waals surface area (Å²) >= 11 is 0. The van der Waals surface area contributed by atoms with Crippen molar-refractivity contribution < 1.29 is 4.74 Å². The quantitative estimate of drug-likeness (QED) is 0.844. The van der Waals surface area contributed by atoms with Crippen molar-refractivity contribution in [2.45, 2.75) is 6.42 Å². The zero-order chi connectivity index (χ0) is 15.7. The number of likely N-dealkylation sites (tertiary alicyclic amines) is 1. The van der Waals surface area contributed by atoms with E-state index in [9.17, 15) is 0 Å². The summed E-state index contributed by atoms with van der Waals surface area (Å²) in [5.74, 6) is 0.930. The Morgan fingerprint density at radius 1 is 0.913 bits per heavy atom. The van der Waals surface area contributed by atoms with E-state index in [1.807, 2.05) is 12.1 Å². The van der Waals surface area contributed by atoms with Crippen LogP contribution >= 0.6 is 0 Å². The van der Waals surface area contributed by atoms with Crippen molar-refractivity contribution in [3.05, 3.63) is 60.2 Å². The lowest BCUT2D eigenvalue weighted by Gasteiger charge is -2.61. The zero-order valence-electron chi connectivity index (χ0n) is 13.7. The smallest absolute Gasteiger partial charge is 0.119 e. The molecule has 23 heavy (non-hydrogen) atoms. The van der Waals surface area contributed by atoms with Gasteiger partial charge >= 0.3 is 0 Å². The normalized spacial score (nSPS) is 19.3. The zero-order valence-corrected chi connectivity index (χ0v) is 13.7. The number of nitrogens with zero attached hydrogens (tertiary/aromatic N) is 2. The van der Waals surface area contributed by atoms with Crippen LogP contribution in [0.15, 0.2) is 54.6 Å². The molecule has 0 unspecified atom stereocenters. The van der Waals surface area contributed by atoms with Crippen LogP contribution in [0, 0.1) is 5.41 Å². The molecule has 2 aliphatic rings. The minimum Gasteiger partial charge on any atom is -0.497 e. The van der Waals surface area contributed by atoms with Gasteiger partial charge in [-0.25, -0.2) is 0 Å². The van der Waals surface area contributed by atoms with E-state index in [-0.39, 0.29) is 0 Å². The van der Waals surface area contributed by atoms with Gasteiger partial charge in [-0.1, -0.05) is 30.3 Å². The van der Waals surface area contributed by atoms with Gasteiger partial charge in [-0.3, -0.25) is 0 Å². The SMILES string of the molecule is COc1ccc(N2CC3(CN(CCc4ccccc4)C3)C2)cc1. The van der Waals surface area contributed by atoms with Gasteiger partial charge in [0.1, 0.15) is 5.75 Å². The maximum Gasteiger partial charge on any atom is 0.119 e. The molecule has 3 heteroatoms.